The summed E-state index contributed by atoms with van der Waals surface area (Å²) in [7, 11) is 0. The smallest absolute Gasteiger partial charge is 0.434 e. The zero-order valence-electron chi connectivity index (χ0n) is 29.7. The molecule has 5 aliphatic rings. The van der Waals surface area contributed by atoms with Gasteiger partial charge in [-0.1, -0.05) is 0 Å². The molecule has 1 saturated heterocycles. The van der Waals surface area contributed by atoms with E-state index in [4.69, 9.17) is 4.74 Å². The van der Waals surface area contributed by atoms with Gasteiger partial charge in [-0.25, -0.2) is 24.1 Å². The monoisotopic (exact) mass is 754 g/mol. The Labute approximate surface area is 313 Å². The van der Waals surface area contributed by atoms with Crippen molar-refractivity contribution in [1.29, 1.82) is 0 Å². The van der Waals surface area contributed by atoms with Crippen molar-refractivity contribution in [2.24, 2.45) is 23.7 Å². The topological polar surface area (TPSA) is 122 Å². The summed E-state index contributed by atoms with van der Waals surface area (Å²) in [5.41, 5.74) is -2.29. The first-order valence-electron chi connectivity index (χ1n) is 18.7. The lowest BCUT2D eigenvalue weighted by atomic mass is 9.48. The van der Waals surface area contributed by atoms with Gasteiger partial charge in [0.05, 0.1) is 16.8 Å². The van der Waals surface area contributed by atoms with Gasteiger partial charge in [0.1, 0.15) is 23.2 Å². The maximum Gasteiger partial charge on any atom is 0.434 e. The molecule has 4 bridgehead atoms. The molecule has 0 unspecified atom stereocenters. The molecule has 0 spiro atoms. The standard InChI is InChI=1S/C41H38F4N6O4/c42-27-2-4-28(5-3-27)51-22-33(31-7-6-30(21-35(31)51)55-29-10-14-50(15-11-29)39-46-12-1-13-47-39)34-9-8-32(36(48-34)41(43,44)45)37(52)49-40(38(53)54)25-17-23-16-24(19-25)20-26(40)18-23/h1-9,12-13,21-26,29H,10-11,14-20H2,(H,49,52)(H,53,54). The van der Waals surface area contributed by atoms with Crippen molar-refractivity contribution < 1.29 is 37.0 Å². The number of carbonyl (C=O) groups is 2. The van der Waals surface area contributed by atoms with Gasteiger partial charge in [0.25, 0.3) is 5.91 Å². The number of carbonyl (C=O) groups excluding carboxylic acids is 1. The van der Waals surface area contributed by atoms with Gasteiger partial charge in [-0.3, -0.25) is 4.79 Å². The van der Waals surface area contributed by atoms with Crippen LogP contribution in [0.2, 0.25) is 0 Å². The Hall–Kier alpha value is -5.53. The summed E-state index contributed by atoms with van der Waals surface area (Å²) < 4.78 is 66.6. The SMILES string of the molecule is O=C(NC1(C(=O)O)C2CC3CC(C2)CC1C3)c1ccc(-c2cn(-c3ccc(F)cc3)c3cc(OC4CCN(c5ncccn5)CC4)ccc23)nc1C(F)(F)F. The number of halogens is 4. The fraction of sp³-hybridized carbons (Fsp3) is 0.390. The third kappa shape index (κ3) is 6.24. The predicted molar refractivity (Wildman–Crippen MR) is 194 cm³/mol. The Bertz CT molecular complexity index is 2240. The average molecular weight is 755 g/mol. The third-order valence-electron chi connectivity index (χ3n) is 12.2. The molecule has 2 aromatic carbocycles. The number of anilines is 1. The molecule has 4 saturated carbocycles. The number of amides is 1. The van der Waals surface area contributed by atoms with Crippen molar-refractivity contribution in [2.45, 2.75) is 62.8 Å². The summed E-state index contributed by atoms with van der Waals surface area (Å²) in [6.45, 7) is 1.40. The predicted octanol–water partition coefficient (Wildman–Crippen LogP) is 7.70. The van der Waals surface area contributed by atoms with Gasteiger partial charge in [-0.05, 0) is 110 Å². The minimum absolute atomic E-state index is 0.0403. The minimum atomic E-state index is -5.03. The van der Waals surface area contributed by atoms with Crippen molar-refractivity contribution >= 4 is 28.7 Å². The third-order valence-corrected chi connectivity index (χ3v) is 12.2. The number of aliphatic carboxylic acids is 1. The number of hydrogen-bond donors (Lipinski definition) is 2. The maximum absolute atomic E-state index is 14.8. The average Bonchev–Trinajstić information content (AvgIpc) is 3.55. The first-order chi connectivity index (χ1) is 26.5. The molecule has 5 fully saturated rings. The number of benzene rings is 2. The van der Waals surface area contributed by atoms with Crippen molar-refractivity contribution in [1.82, 2.24) is 24.8 Å². The number of hydrogen-bond acceptors (Lipinski definition) is 7. The van der Waals surface area contributed by atoms with E-state index in [2.05, 4.69) is 25.2 Å². The molecule has 1 aliphatic heterocycles. The minimum Gasteiger partial charge on any atom is -0.490 e. The second-order valence-corrected chi connectivity index (χ2v) is 15.4. The van der Waals surface area contributed by atoms with E-state index in [1.165, 1.54) is 18.2 Å². The number of piperidine rings is 1. The Morgan fingerprint density at radius 2 is 1.56 bits per heavy atom. The molecule has 2 N–H and O–H groups in total. The van der Waals surface area contributed by atoms with E-state index in [1.807, 2.05) is 0 Å². The molecule has 0 radical (unpaired) electrons. The Kier molecular flexibility index (Phi) is 8.54. The molecule has 284 valence electrons. The van der Waals surface area contributed by atoms with E-state index in [0.29, 0.717) is 84.5 Å². The first-order valence-corrected chi connectivity index (χ1v) is 18.7. The van der Waals surface area contributed by atoms with E-state index in [0.717, 1.165) is 25.3 Å². The lowest BCUT2D eigenvalue weighted by molar-refractivity contribution is -0.163. The van der Waals surface area contributed by atoms with E-state index >= 15 is 0 Å². The molecule has 4 heterocycles. The van der Waals surface area contributed by atoms with E-state index in [-0.39, 0.29) is 23.6 Å². The zero-order chi connectivity index (χ0) is 38.1. The second-order valence-electron chi connectivity index (χ2n) is 15.4. The molecule has 5 aromatic rings. The molecule has 0 atom stereocenters. The van der Waals surface area contributed by atoms with Gasteiger partial charge < -0.3 is 24.6 Å². The number of ether oxygens (including phenoxy) is 1. The molecule has 14 heteroatoms. The van der Waals surface area contributed by atoms with Gasteiger partial charge in [-0.15, -0.1) is 0 Å². The first kappa shape index (κ1) is 35.2. The molecular formula is C41H38F4N6O4. The van der Waals surface area contributed by atoms with Crippen molar-refractivity contribution in [2.75, 3.05) is 18.0 Å². The number of rotatable bonds is 8. The van der Waals surface area contributed by atoms with Crippen molar-refractivity contribution in [3.05, 3.63) is 96.3 Å². The van der Waals surface area contributed by atoms with Gasteiger partial charge in [0.15, 0.2) is 5.69 Å². The number of alkyl halides is 3. The lowest BCUT2D eigenvalue weighted by Crippen LogP contribution is -2.70. The van der Waals surface area contributed by atoms with E-state index in [1.54, 1.807) is 59.6 Å². The fourth-order valence-electron chi connectivity index (χ4n) is 9.92. The number of nitrogens with zero attached hydrogens (tertiary/aromatic N) is 5. The molecule has 10 nitrogen and oxygen atoms in total. The normalized spacial score (nSPS) is 25.0. The summed E-state index contributed by atoms with van der Waals surface area (Å²) in [5.74, 6) is -1.43. The highest BCUT2D eigenvalue weighted by atomic mass is 19.4. The molecule has 1 amide bonds. The van der Waals surface area contributed by atoms with Crippen LogP contribution in [0.15, 0.2) is 79.3 Å². The van der Waals surface area contributed by atoms with Crippen LogP contribution in [0.1, 0.15) is 61.0 Å². The van der Waals surface area contributed by atoms with Gasteiger partial charge in [0.2, 0.25) is 5.95 Å². The van der Waals surface area contributed by atoms with E-state index < -0.39 is 40.7 Å². The van der Waals surface area contributed by atoms with Crippen LogP contribution in [0.5, 0.6) is 5.75 Å². The largest absolute Gasteiger partial charge is 0.490 e. The zero-order valence-corrected chi connectivity index (χ0v) is 29.7. The van der Waals surface area contributed by atoms with Crippen LogP contribution in [0.25, 0.3) is 27.8 Å². The molecule has 55 heavy (non-hydrogen) atoms. The number of carboxylic acid groups (broad SMARTS) is 1. The van der Waals surface area contributed by atoms with Crippen LogP contribution in [0.3, 0.4) is 0 Å². The highest BCUT2D eigenvalue weighted by Crippen LogP contribution is 2.58. The van der Waals surface area contributed by atoms with Crippen molar-refractivity contribution in [3.63, 3.8) is 0 Å². The maximum atomic E-state index is 14.8. The molecule has 3 aromatic heterocycles. The Balaban J connectivity index is 1.04. The second kappa shape index (κ2) is 13.3. The summed E-state index contributed by atoms with van der Waals surface area (Å²) in [4.78, 5) is 41.5. The molecule has 10 rings (SSSR count). The molecular weight excluding hydrogens is 716 g/mol. The number of aromatic nitrogens is 4. The van der Waals surface area contributed by atoms with Crippen LogP contribution >= 0.6 is 0 Å². The fourth-order valence-corrected chi connectivity index (χ4v) is 9.92. The summed E-state index contributed by atoms with van der Waals surface area (Å²) >= 11 is 0. The highest BCUT2D eigenvalue weighted by molar-refractivity contribution is 6.01. The summed E-state index contributed by atoms with van der Waals surface area (Å²) in [6, 6.07) is 15.3. The van der Waals surface area contributed by atoms with E-state index in [9.17, 15) is 32.3 Å². The highest BCUT2D eigenvalue weighted by Gasteiger charge is 2.62. The van der Waals surface area contributed by atoms with Gasteiger partial charge >= 0.3 is 12.1 Å². The number of fused-ring (bicyclic) bond motifs is 1. The number of nitrogens with one attached hydrogen (secondary N) is 1. The van der Waals surface area contributed by atoms with Crippen LogP contribution in [-0.2, 0) is 11.0 Å². The Morgan fingerprint density at radius 3 is 2.20 bits per heavy atom. The van der Waals surface area contributed by atoms with Crippen LogP contribution in [0.4, 0.5) is 23.5 Å². The summed E-state index contributed by atoms with van der Waals surface area (Å²) in [5, 5.41) is 13.7. The number of carboxylic acids is 1. The van der Waals surface area contributed by atoms with Crippen LogP contribution in [-0.4, -0.2) is 61.2 Å². The van der Waals surface area contributed by atoms with Crippen molar-refractivity contribution in [3.8, 4) is 22.7 Å². The molecule has 4 aliphatic carbocycles. The number of pyridine rings is 1. The Morgan fingerprint density at radius 1 is 0.891 bits per heavy atom. The van der Waals surface area contributed by atoms with Crippen LogP contribution in [0, 0.1) is 29.5 Å². The summed E-state index contributed by atoms with van der Waals surface area (Å²) in [6.07, 6.45) is 4.94. The quantitative estimate of drug-likeness (QED) is 0.155. The van der Waals surface area contributed by atoms with Crippen LogP contribution < -0.4 is 15.0 Å². The van der Waals surface area contributed by atoms with Gasteiger partial charge in [-0.2, -0.15) is 13.2 Å². The lowest BCUT2D eigenvalue weighted by Gasteiger charge is -2.59. The van der Waals surface area contributed by atoms with Gasteiger partial charge in [0, 0.05) is 67.2 Å².